The predicted molar refractivity (Wildman–Crippen MR) is 42.2 cm³/mol. The minimum absolute atomic E-state index is 0.528. The van der Waals surface area contributed by atoms with Gasteiger partial charge in [-0.1, -0.05) is 0 Å². The third-order valence-electron chi connectivity index (χ3n) is 2.76. The average molecular weight is 143 g/mol. The molecule has 0 bridgehead atoms. The van der Waals surface area contributed by atoms with Crippen molar-refractivity contribution in [2.45, 2.75) is 26.2 Å². The summed E-state index contributed by atoms with van der Waals surface area (Å²) in [6, 6.07) is 0. The summed E-state index contributed by atoms with van der Waals surface area (Å²) in [6.45, 7) is 4.42. The number of hydrazine groups is 1. The second-order valence-corrected chi connectivity index (χ2v) is 3.08. The van der Waals surface area contributed by atoms with Gasteiger partial charge in [-0.15, -0.1) is 0 Å². The van der Waals surface area contributed by atoms with Crippen molar-refractivity contribution >= 4 is 0 Å². The van der Waals surface area contributed by atoms with E-state index in [0.29, 0.717) is 12.3 Å². The first kappa shape index (κ1) is 7.98. The molecule has 0 radical (unpaired) electrons. The summed E-state index contributed by atoms with van der Waals surface area (Å²) in [5, 5.41) is 4.48. The van der Waals surface area contributed by atoms with E-state index in [0.717, 1.165) is 0 Å². The molecular formula is C7H17N3. The summed E-state index contributed by atoms with van der Waals surface area (Å²) in [5.41, 5.74) is 0. The summed E-state index contributed by atoms with van der Waals surface area (Å²) in [4.78, 5) is 2.33. The summed E-state index contributed by atoms with van der Waals surface area (Å²) in [7, 11) is 6.38. The van der Waals surface area contributed by atoms with Crippen LogP contribution >= 0.6 is 0 Å². The van der Waals surface area contributed by atoms with E-state index in [1.807, 2.05) is 0 Å². The molecule has 10 heavy (non-hydrogen) atoms. The molecule has 1 rings (SSSR count). The first-order valence-electron chi connectivity index (χ1n) is 3.73. The van der Waals surface area contributed by atoms with Gasteiger partial charge in [0.05, 0.1) is 12.3 Å². The van der Waals surface area contributed by atoms with E-state index >= 15 is 0 Å². The molecule has 1 aliphatic rings. The van der Waals surface area contributed by atoms with Gasteiger partial charge >= 0.3 is 0 Å². The number of hydrogen-bond acceptors (Lipinski definition) is 3. The van der Waals surface area contributed by atoms with Crippen LogP contribution in [-0.4, -0.2) is 48.4 Å². The van der Waals surface area contributed by atoms with Gasteiger partial charge in [0.15, 0.2) is 0 Å². The predicted octanol–water partition coefficient (Wildman–Crippen LogP) is 0.402. The van der Waals surface area contributed by atoms with Gasteiger partial charge in [0.25, 0.3) is 0 Å². The van der Waals surface area contributed by atoms with E-state index in [1.165, 1.54) is 0 Å². The maximum absolute atomic E-state index is 2.33. The Hall–Kier alpha value is -0.120. The van der Waals surface area contributed by atoms with Gasteiger partial charge < -0.3 is 0 Å². The molecule has 2 unspecified atom stereocenters. The quantitative estimate of drug-likeness (QED) is 0.486. The minimum Gasteiger partial charge on any atom is -0.273 e. The lowest BCUT2D eigenvalue weighted by Crippen LogP contribution is -2.35. The van der Waals surface area contributed by atoms with Gasteiger partial charge in [0.2, 0.25) is 0 Å². The number of nitrogens with zero attached hydrogens (tertiary/aromatic N) is 3. The molecule has 2 atom stereocenters. The van der Waals surface area contributed by atoms with E-state index in [9.17, 15) is 0 Å². The molecule has 1 aliphatic heterocycles. The van der Waals surface area contributed by atoms with Crippen LogP contribution in [0.1, 0.15) is 13.8 Å². The van der Waals surface area contributed by atoms with Crippen molar-refractivity contribution in [2.24, 2.45) is 0 Å². The summed E-state index contributed by atoms with van der Waals surface area (Å²) < 4.78 is 0. The molecular weight excluding hydrogens is 126 g/mol. The maximum Gasteiger partial charge on any atom is 0.0739 e. The Bertz CT molecular complexity index is 81.2. The molecule has 1 heterocycles. The van der Waals surface area contributed by atoms with Crippen LogP contribution in [0.15, 0.2) is 0 Å². The molecule has 60 valence electrons. The highest BCUT2D eigenvalue weighted by Crippen LogP contribution is 2.18. The van der Waals surface area contributed by atoms with Crippen molar-refractivity contribution in [2.75, 3.05) is 21.1 Å². The lowest BCUT2D eigenvalue weighted by Gasteiger charge is -2.22. The van der Waals surface area contributed by atoms with Crippen LogP contribution in [0.25, 0.3) is 0 Å². The maximum atomic E-state index is 2.33. The lowest BCUT2D eigenvalue weighted by molar-refractivity contribution is 0.0357. The first-order chi connectivity index (χ1) is 4.55. The van der Waals surface area contributed by atoms with E-state index < -0.39 is 0 Å². The van der Waals surface area contributed by atoms with Gasteiger partial charge in [-0.05, 0) is 20.9 Å². The molecule has 0 saturated carbocycles. The van der Waals surface area contributed by atoms with Gasteiger partial charge in [0, 0.05) is 14.1 Å². The molecule has 0 aromatic heterocycles. The molecule has 0 aliphatic carbocycles. The van der Waals surface area contributed by atoms with Crippen molar-refractivity contribution in [3.8, 4) is 0 Å². The Labute approximate surface area is 63.2 Å². The highest BCUT2D eigenvalue weighted by Gasteiger charge is 2.33. The van der Waals surface area contributed by atoms with Crippen molar-refractivity contribution in [3.63, 3.8) is 0 Å². The molecule has 0 spiro atoms. The standard InChI is InChI=1S/C7H17N3/c1-6-8(3)7(2)10(5)9(6)4/h6-7H,1-5H3. The van der Waals surface area contributed by atoms with Crippen LogP contribution in [0.2, 0.25) is 0 Å². The fourth-order valence-electron chi connectivity index (χ4n) is 1.37. The van der Waals surface area contributed by atoms with Crippen molar-refractivity contribution in [1.29, 1.82) is 0 Å². The summed E-state index contributed by atoms with van der Waals surface area (Å²) in [5.74, 6) is 0. The average Bonchev–Trinajstić information content (AvgIpc) is 2.07. The van der Waals surface area contributed by atoms with E-state index in [4.69, 9.17) is 0 Å². The summed E-state index contributed by atoms with van der Waals surface area (Å²) in [6.07, 6.45) is 1.06. The Kier molecular flexibility index (Phi) is 1.99. The van der Waals surface area contributed by atoms with Crippen LogP contribution < -0.4 is 0 Å². The smallest absolute Gasteiger partial charge is 0.0739 e. The van der Waals surface area contributed by atoms with Crippen molar-refractivity contribution < 1.29 is 0 Å². The highest BCUT2D eigenvalue weighted by atomic mass is 15.8. The molecule has 3 heteroatoms. The zero-order valence-corrected chi connectivity index (χ0v) is 7.50. The van der Waals surface area contributed by atoms with Crippen LogP contribution in [-0.2, 0) is 0 Å². The fraction of sp³-hybridized carbons (Fsp3) is 1.00. The Morgan fingerprint density at radius 1 is 0.800 bits per heavy atom. The first-order valence-corrected chi connectivity index (χ1v) is 3.73. The van der Waals surface area contributed by atoms with Crippen LogP contribution in [0, 0.1) is 0 Å². The Balaban J connectivity index is 2.68. The van der Waals surface area contributed by atoms with Crippen molar-refractivity contribution in [3.05, 3.63) is 0 Å². The zero-order valence-electron chi connectivity index (χ0n) is 7.50. The third-order valence-corrected chi connectivity index (χ3v) is 2.76. The molecule has 1 fully saturated rings. The van der Waals surface area contributed by atoms with Gasteiger partial charge in [-0.2, -0.15) is 0 Å². The van der Waals surface area contributed by atoms with E-state index in [1.54, 1.807) is 0 Å². The van der Waals surface area contributed by atoms with Crippen LogP contribution in [0.3, 0.4) is 0 Å². The lowest BCUT2D eigenvalue weighted by atomic mass is 10.4. The molecule has 0 aromatic carbocycles. The number of rotatable bonds is 0. The molecule has 0 amide bonds. The van der Waals surface area contributed by atoms with Gasteiger partial charge in [0.1, 0.15) is 0 Å². The van der Waals surface area contributed by atoms with Crippen molar-refractivity contribution in [1.82, 2.24) is 14.9 Å². The normalized spacial score (nSPS) is 39.3. The molecule has 0 N–H and O–H groups in total. The highest BCUT2D eigenvalue weighted by molar-refractivity contribution is 4.74. The number of hydrogen-bond donors (Lipinski definition) is 0. The largest absolute Gasteiger partial charge is 0.273 e. The molecule has 1 saturated heterocycles. The Morgan fingerprint density at radius 2 is 1.10 bits per heavy atom. The van der Waals surface area contributed by atoms with Crippen LogP contribution in [0.4, 0.5) is 0 Å². The topological polar surface area (TPSA) is 9.72 Å². The Morgan fingerprint density at radius 3 is 1.20 bits per heavy atom. The molecule has 3 nitrogen and oxygen atoms in total. The van der Waals surface area contributed by atoms with Gasteiger partial charge in [-0.25, -0.2) is 10.0 Å². The van der Waals surface area contributed by atoms with Gasteiger partial charge in [-0.3, -0.25) is 4.90 Å². The second-order valence-electron chi connectivity index (χ2n) is 3.08. The third kappa shape index (κ3) is 0.944. The minimum atomic E-state index is 0.528. The van der Waals surface area contributed by atoms with Crippen LogP contribution in [0.5, 0.6) is 0 Å². The monoisotopic (exact) mass is 143 g/mol. The zero-order chi connectivity index (χ0) is 7.89. The fourth-order valence-corrected chi connectivity index (χ4v) is 1.37. The SMILES string of the molecule is CC1N(C)C(C)N(C)N1C. The van der Waals surface area contributed by atoms with E-state index in [2.05, 4.69) is 49.9 Å². The summed E-state index contributed by atoms with van der Waals surface area (Å²) >= 11 is 0. The molecule has 0 aromatic rings. The second kappa shape index (κ2) is 2.49. The van der Waals surface area contributed by atoms with E-state index in [-0.39, 0.29) is 0 Å².